The first-order valence-electron chi connectivity index (χ1n) is 7.04. The lowest BCUT2D eigenvalue weighted by Crippen LogP contribution is -2.42. The van der Waals surface area contributed by atoms with Crippen molar-refractivity contribution in [1.29, 1.82) is 0 Å². The van der Waals surface area contributed by atoms with Gasteiger partial charge in [-0.05, 0) is 30.5 Å². The Morgan fingerprint density at radius 2 is 1.43 bits per heavy atom. The van der Waals surface area contributed by atoms with E-state index in [0.29, 0.717) is 0 Å². The highest BCUT2D eigenvalue weighted by molar-refractivity contribution is 6.05. The molecule has 0 aliphatic carbocycles. The number of phenols is 1. The zero-order valence-corrected chi connectivity index (χ0v) is 11.7. The maximum absolute atomic E-state index is 10.2. The average Bonchev–Trinajstić information content (AvgIpc) is 2.48. The van der Waals surface area contributed by atoms with E-state index in [1.54, 1.807) is 6.07 Å². The molecule has 0 unspecified atom stereocenters. The molecule has 0 atom stereocenters. The van der Waals surface area contributed by atoms with Crippen molar-refractivity contribution in [3.8, 4) is 5.75 Å². The normalized spacial score (nSPS) is 15.3. The SMILES string of the molecule is CC1(c2ccccc2O)Nc2cccc3cccc(c23)N1. The summed E-state index contributed by atoms with van der Waals surface area (Å²) in [5, 5.41) is 19.6. The third-order valence-electron chi connectivity index (χ3n) is 4.12. The summed E-state index contributed by atoms with van der Waals surface area (Å²) >= 11 is 0. The van der Waals surface area contributed by atoms with Gasteiger partial charge in [0, 0.05) is 22.3 Å². The lowest BCUT2D eigenvalue weighted by Gasteiger charge is -2.39. The monoisotopic (exact) mass is 276 g/mol. The number of hydrogen-bond donors (Lipinski definition) is 3. The summed E-state index contributed by atoms with van der Waals surface area (Å²) in [5.74, 6) is 0.284. The maximum Gasteiger partial charge on any atom is 0.135 e. The van der Waals surface area contributed by atoms with Crippen LogP contribution in [0.15, 0.2) is 60.7 Å². The number of benzene rings is 3. The van der Waals surface area contributed by atoms with E-state index in [0.717, 1.165) is 16.9 Å². The molecule has 1 aliphatic heterocycles. The Balaban J connectivity index is 1.92. The molecule has 21 heavy (non-hydrogen) atoms. The second kappa shape index (κ2) is 4.16. The molecular weight excluding hydrogens is 260 g/mol. The zero-order valence-electron chi connectivity index (χ0n) is 11.7. The van der Waals surface area contributed by atoms with Crippen molar-refractivity contribution in [1.82, 2.24) is 0 Å². The van der Waals surface area contributed by atoms with E-state index in [1.165, 1.54) is 10.8 Å². The smallest absolute Gasteiger partial charge is 0.135 e. The number of anilines is 2. The fourth-order valence-electron chi connectivity index (χ4n) is 3.15. The van der Waals surface area contributed by atoms with Gasteiger partial charge in [-0.15, -0.1) is 0 Å². The van der Waals surface area contributed by atoms with Crippen LogP contribution in [0.2, 0.25) is 0 Å². The molecule has 0 fully saturated rings. The van der Waals surface area contributed by atoms with Crippen LogP contribution < -0.4 is 10.6 Å². The van der Waals surface area contributed by atoms with Crippen LogP contribution in [0.5, 0.6) is 5.75 Å². The van der Waals surface area contributed by atoms with Gasteiger partial charge in [-0.2, -0.15) is 0 Å². The molecule has 0 saturated heterocycles. The summed E-state index contributed by atoms with van der Waals surface area (Å²) in [4.78, 5) is 0. The largest absolute Gasteiger partial charge is 0.508 e. The summed E-state index contributed by atoms with van der Waals surface area (Å²) in [6.45, 7) is 2.04. The van der Waals surface area contributed by atoms with Crippen LogP contribution in [0.25, 0.3) is 10.8 Å². The summed E-state index contributed by atoms with van der Waals surface area (Å²) in [6.07, 6.45) is 0. The van der Waals surface area contributed by atoms with Gasteiger partial charge in [-0.25, -0.2) is 0 Å². The van der Waals surface area contributed by atoms with Crippen molar-refractivity contribution in [2.45, 2.75) is 12.6 Å². The molecule has 1 heterocycles. The second-order valence-corrected chi connectivity index (χ2v) is 5.60. The maximum atomic E-state index is 10.2. The molecule has 0 bridgehead atoms. The number of rotatable bonds is 1. The highest BCUT2D eigenvalue weighted by Gasteiger charge is 2.33. The standard InChI is InChI=1S/C18H16N2O/c1-18(13-8-2-3-11-16(13)21)19-14-9-4-6-12-7-5-10-15(20-18)17(12)14/h2-11,19-21H,1H3. The Morgan fingerprint density at radius 3 is 2.05 bits per heavy atom. The van der Waals surface area contributed by atoms with Crippen LogP contribution in [0.1, 0.15) is 12.5 Å². The predicted octanol–water partition coefficient (Wildman–Crippen LogP) is 4.26. The highest BCUT2D eigenvalue weighted by atomic mass is 16.3. The van der Waals surface area contributed by atoms with Crippen LogP contribution >= 0.6 is 0 Å². The van der Waals surface area contributed by atoms with Gasteiger partial charge < -0.3 is 15.7 Å². The van der Waals surface area contributed by atoms with Gasteiger partial charge in [0.05, 0.1) is 0 Å². The first kappa shape index (κ1) is 12.1. The van der Waals surface area contributed by atoms with E-state index in [2.05, 4.69) is 34.9 Å². The van der Waals surface area contributed by atoms with Crippen LogP contribution in [0.3, 0.4) is 0 Å². The van der Waals surface area contributed by atoms with Crippen molar-refractivity contribution in [3.63, 3.8) is 0 Å². The predicted molar refractivity (Wildman–Crippen MR) is 86.7 cm³/mol. The first-order chi connectivity index (χ1) is 10.2. The van der Waals surface area contributed by atoms with Crippen LogP contribution in [-0.4, -0.2) is 5.11 Å². The van der Waals surface area contributed by atoms with Gasteiger partial charge in [0.25, 0.3) is 0 Å². The summed E-state index contributed by atoms with van der Waals surface area (Å²) in [5.41, 5.74) is 2.44. The van der Waals surface area contributed by atoms with Gasteiger partial charge in [0.2, 0.25) is 0 Å². The third-order valence-corrected chi connectivity index (χ3v) is 4.12. The van der Waals surface area contributed by atoms with Gasteiger partial charge in [0.15, 0.2) is 0 Å². The van der Waals surface area contributed by atoms with Gasteiger partial charge in [0.1, 0.15) is 11.4 Å². The third kappa shape index (κ3) is 1.74. The van der Waals surface area contributed by atoms with E-state index in [1.807, 2.05) is 37.3 Å². The lowest BCUT2D eigenvalue weighted by molar-refractivity contribution is 0.452. The number of nitrogens with one attached hydrogen (secondary N) is 2. The fraction of sp³-hybridized carbons (Fsp3) is 0.111. The molecule has 3 N–H and O–H groups in total. The molecule has 0 amide bonds. The Hall–Kier alpha value is -2.68. The molecule has 3 heteroatoms. The number of phenolic OH excluding ortho intramolecular Hbond substituents is 1. The molecule has 0 saturated carbocycles. The summed E-state index contributed by atoms with van der Waals surface area (Å²) < 4.78 is 0. The van der Waals surface area contributed by atoms with E-state index in [4.69, 9.17) is 0 Å². The minimum Gasteiger partial charge on any atom is -0.508 e. The molecule has 0 aromatic heterocycles. The molecule has 104 valence electrons. The quantitative estimate of drug-likeness (QED) is 0.622. The number of hydrogen-bond acceptors (Lipinski definition) is 3. The van der Waals surface area contributed by atoms with Gasteiger partial charge >= 0.3 is 0 Å². The summed E-state index contributed by atoms with van der Waals surface area (Å²) in [7, 11) is 0. The molecule has 1 aliphatic rings. The van der Waals surface area contributed by atoms with Crippen molar-refractivity contribution in [3.05, 3.63) is 66.2 Å². The highest BCUT2D eigenvalue weighted by Crippen LogP contribution is 2.42. The lowest BCUT2D eigenvalue weighted by atomic mass is 9.94. The number of aromatic hydroxyl groups is 1. The van der Waals surface area contributed by atoms with Gasteiger partial charge in [-0.3, -0.25) is 0 Å². The van der Waals surface area contributed by atoms with E-state index in [-0.39, 0.29) is 5.75 Å². The molecule has 3 nitrogen and oxygen atoms in total. The van der Waals surface area contributed by atoms with Crippen LogP contribution in [0.4, 0.5) is 11.4 Å². The van der Waals surface area contributed by atoms with E-state index in [9.17, 15) is 5.11 Å². The summed E-state index contributed by atoms with van der Waals surface area (Å²) in [6, 6.07) is 19.9. The van der Waals surface area contributed by atoms with Crippen molar-refractivity contribution in [2.24, 2.45) is 0 Å². The minimum absolute atomic E-state index is 0.284. The topological polar surface area (TPSA) is 44.3 Å². The Kier molecular flexibility index (Phi) is 2.39. The first-order valence-corrected chi connectivity index (χ1v) is 7.04. The van der Waals surface area contributed by atoms with Crippen molar-refractivity contribution < 1.29 is 5.11 Å². The Labute approximate surface area is 123 Å². The molecule has 0 radical (unpaired) electrons. The molecule has 0 spiro atoms. The van der Waals surface area contributed by atoms with E-state index >= 15 is 0 Å². The van der Waals surface area contributed by atoms with Crippen molar-refractivity contribution >= 4 is 22.1 Å². The number of para-hydroxylation sites is 1. The molecule has 4 rings (SSSR count). The fourth-order valence-corrected chi connectivity index (χ4v) is 3.15. The van der Waals surface area contributed by atoms with Gasteiger partial charge in [-0.1, -0.05) is 42.5 Å². The Bertz CT molecular complexity index is 801. The second-order valence-electron chi connectivity index (χ2n) is 5.60. The van der Waals surface area contributed by atoms with Crippen LogP contribution in [-0.2, 0) is 5.66 Å². The van der Waals surface area contributed by atoms with Crippen molar-refractivity contribution in [2.75, 3.05) is 10.6 Å². The molecule has 3 aromatic rings. The van der Waals surface area contributed by atoms with Crippen LogP contribution in [0, 0.1) is 0 Å². The molecular formula is C18H16N2O. The van der Waals surface area contributed by atoms with E-state index < -0.39 is 5.66 Å². The molecule has 3 aromatic carbocycles. The average molecular weight is 276 g/mol. The minimum atomic E-state index is -0.548. The zero-order chi connectivity index (χ0) is 14.4. The Morgan fingerprint density at radius 1 is 0.810 bits per heavy atom.